The molecule has 1 heterocycles. The molecule has 8 nitrogen and oxygen atoms in total. The molecule has 1 atom stereocenters. The molecular formula is C23H20F5N3O5S. The van der Waals surface area contributed by atoms with Gasteiger partial charge in [-0.15, -0.1) is 0 Å². The van der Waals surface area contributed by atoms with E-state index in [9.17, 15) is 35.2 Å². The van der Waals surface area contributed by atoms with Crippen LogP contribution >= 0.6 is 0 Å². The van der Waals surface area contributed by atoms with Crippen molar-refractivity contribution < 1.29 is 44.3 Å². The molecule has 0 radical (unpaired) electrons. The molecule has 1 aromatic heterocycles. The van der Waals surface area contributed by atoms with Crippen molar-refractivity contribution in [2.45, 2.75) is 37.9 Å². The van der Waals surface area contributed by atoms with Gasteiger partial charge in [0.2, 0.25) is 10.0 Å². The number of carbonyl (C=O) groups is 1. The molecule has 1 aliphatic carbocycles. The molecule has 2 N–H and O–H groups in total. The average molecular weight is 545 g/mol. The lowest BCUT2D eigenvalue weighted by Gasteiger charge is -2.15. The summed E-state index contributed by atoms with van der Waals surface area (Å²) in [6, 6.07) is 3.90. The lowest BCUT2D eigenvalue weighted by atomic mass is 10.1. The van der Waals surface area contributed by atoms with Crippen LogP contribution in [-0.4, -0.2) is 25.6 Å². The van der Waals surface area contributed by atoms with Gasteiger partial charge in [0.1, 0.15) is 17.7 Å². The number of aromatic nitrogens is 1. The maximum atomic E-state index is 14.3. The second-order valence-electron chi connectivity index (χ2n) is 8.55. The van der Waals surface area contributed by atoms with E-state index in [4.69, 9.17) is 9.15 Å². The van der Waals surface area contributed by atoms with Crippen molar-refractivity contribution in [1.29, 1.82) is 0 Å². The largest absolute Gasteiger partial charge is 0.416 e. The van der Waals surface area contributed by atoms with Crippen molar-refractivity contribution >= 4 is 21.6 Å². The molecule has 0 aliphatic heterocycles. The number of carbonyl (C=O) groups excluding carboxylic acids is 1. The highest BCUT2D eigenvalue weighted by atomic mass is 32.2. The quantitative estimate of drug-likeness (QED) is 0.362. The minimum Gasteiger partial charge on any atom is -0.416 e. The summed E-state index contributed by atoms with van der Waals surface area (Å²) in [4.78, 5) is 16.4. The first-order valence-electron chi connectivity index (χ1n) is 10.8. The number of alkyl halides is 3. The van der Waals surface area contributed by atoms with E-state index in [0.29, 0.717) is 5.56 Å². The standard InChI is InChI=1S/C23H20F5N3O5S/c1-11(13-7-16(24)20(17(25)8-13)31-37(2,33)34)29-21(32)18-10-35-22(30-18)36-19-9-14(23(26,27)28)5-6-15(19)12-3-4-12/h5-12,31H,3-4H2,1-2H3,(H,29,32)/t11-/m1/s1. The minimum absolute atomic E-state index is 0.0135. The van der Waals surface area contributed by atoms with Crippen LogP contribution in [0, 0.1) is 11.6 Å². The number of benzene rings is 2. The molecule has 0 spiro atoms. The summed E-state index contributed by atoms with van der Waals surface area (Å²) in [5.74, 6) is -3.24. The third-order valence-electron chi connectivity index (χ3n) is 5.47. The van der Waals surface area contributed by atoms with E-state index in [0.717, 1.165) is 49.6 Å². The molecule has 0 saturated heterocycles. The van der Waals surface area contributed by atoms with Crippen LogP contribution < -0.4 is 14.8 Å². The number of nitrogens with zero attached hydrogens (tertiary/aromatic N) is 1. The number of anilines is 1. The lowest BCUT2D eigenvalue weighted by Crippen LogP contribution is -2.27. The van der Waals surface area contributed by atoms with E-state index in [1.165, 1.54) is 13.0 Å². The number of hydrogen-bond acceptors (Lipinski definition) is 6. The Morgan fingerprint density at radius 1 is 1.16 bits per heavy atom. The lowest BCUT2D eigenvalue weighted by molar-refractivity contribution is -0.137. The molecule has 1 amide bonds. The topological polar surface area (TPSA) is 111 Å². The second-order valence-corrected chi connectivity index (χ2v) is 10.3. The van der Waals surface area contributed by atoms with Crippen molar-refractivity contribution in [1.82, 2.24) is 10.3 Å². The van der Waals surface area contributed by atoms with Gasteiger partial charge >= 0.3 is 12.3 Å². The van der Waals surface area contributed by atoms with Crippen LogP contribution in [0.5, 0.6) is 11.8 Å². The van der Waals surface area contributed by atoms with Gasteiger partial charge in [-0.1, -0.05) is 6.07 Å². The van der Waals surface area contributed by atoms with Crippen LogP contribution in [0.25, 0.3) is 0 Å². The van der Waals surface area contributed by atoms with Crippen LogP contribution in [0.4, 0.5) is 27.6 Å². The van der Waals surface area contributed by atoms with Gasteiger partial charge in [0.05, 0.1) is 17.9 Å². The molecule has 4 rings (SSSR count). The Morgan fingerprint density at radius 3 is 2.38 bits per heavy atom. The number of oxazole rings is 1. The highest BCUT2D eigenvalue weighted by molar-refractivity contribution is 7.92. The summed E-state index contributed by atoms with van der Waals surface area (Å²) in [7, 11) is -3.93. The van der Waals surface area contributed by atoms with Crippen LogP contribution in [0.15, 0.2) is 41.0 Å². The van der Waals surface area contributed by atoms with E-state index in [1.807, 2.05) is 0 Å². The SMILES string of the molecule is C[C@@H](NC(=O)c1coc(Oc2cc(C(F)(F)F)ccc2C2CC2)n1)c1cc(F)c(NS(C)(=O)=O)c(F)c1. The maximum absolute atomic E-state index is 14.3. The number of amides is 1. The Labute approximate surface area is 207 Å². The van der Waals surface area contributed by atoms with Gasteiger partial charge < -0.3 is 14.5 Å². The molecular weight excluding hydrogens is 525 g/mol. The van der Waals surface area contributed by atoms with Crippen LogP contribution in [-0.2, 0) is 16.2 Å². The zero-order valence-electron chi connectivity index (χ0n) is 19.3. The van der Waals surface area contributed by atoms with Crippen molar-refractivity contribution in [3.63, 3.8) is 0 Å². The Kier molecular flexibility index (Phi) is 6.88. The number of sulfonamides is 1. The predicted octanol–water partition coefficient (Wildman–Crippen LogP) is 5.50. The van der Waals surface area contributed by atoms with Crippen LogP contribution in [0.2, 0.25) is 0 Å². The van der Waals surface area contributed by atoms with Crippen molar-refractivity contribution in [3.05, 3.63) is 70.6 Å². The number of ether oxygens (including phenoxy) is 1. The Hall–Kier alpha value is -3.68. The first-order valence-corrected chi connectivity index (χ1v) is 12.7. The molecule has 1 saturated carbocycles. The van der Waals surface area contributed by atoms with Crippen molar-refractivity contribution in [2.24, 2.45) is 0 Å². The smallest absolute Gasteiger partial charge is 0.416 e. The monoisotopic (exact) mass is 545 g/mol. The van der Waals surface area contributed by atoms with Gasteiger partial charge in [0.25, 0.3) is 5.91 Å². The third kappa shape index (κ3) is 6.37. The first-order chi connectivity index (χ1) is 17.2. The first kappa shape index (κ1) is 26.4. The van der Waals surface area contributed by atoms with Gasteiger partial charge in [-0.05, 0) is 61.1 Å². The molecule has 0 bridgehead atoms. The molecule has 198 valence electrons. The van der Waals surface area contributed by atoms with Gasteiger partial charge in [-0.2, -0.15) is 18.2 Å². The summed E-state index contributed by atoms with van der Waals surface area (Å²) >= 11 is 0. The summed E-state index contributed by atoms with van der Waals surface area (Å²) in [5, 5.41) is 2.44. The molecule has 37 heavy (non-hydrogen) atoms. The highest BCUT2D eigenvalue weighted by Crippen LogP contribution is 2.46. The molecule has 1 aliphatic rings. The van der Waals surface area contributed by atoms with E-state index < -0.39 is 57.1 Å². The maximum Gasteiger partial charge on any atom is 0.416 e. The fourth-order valence-electron chi connectivity index (χ4n) is 3.51. The molecule has 1 fully saturated rings. The molecule has 14 heteroatoms. The summed E-state index contributed by atoms with van der Waals surface area (Å²) in [6.45, 7) is 1.41. The fraction of sp³-hybridized carbons (Fsp3) is 0.304. The molecule has 3 aromatic rings. The molecule has 2 aromatic carbocycles. The van der Waals surface area contributed by atoms with Crippen LogP contribution in [0.1, 0.15) is 58.9 Å². The number of halogens is 5. The summed E-state index contributed by atoms with van der Waals surface area (Å²) in [5.41, 5.74) is -1.52. The van der Waals surface area contributed by atoms with E-state index >= 15 is 0 Å². The highest BCUT2D eigenvalue weighted by Gasteiger charge is 2.34. The predicted molar refractivity (Wildman–Crippen MR) is 121 cm³/mol. The summed E-state index contributed by atoms with van der Waals surface area (Å²) < 4.78 is 103. The Bertz CT molecular complexity index is 1430. The number of nitrogens with one attached hydrogen (secondary N) is 2. The Balaban J connectivity index is 1.48. The number of hydrogen-bond donors (Lipinski definition) is 2. The van der Waals surface area contributed by atoms with Crippen molar-refractivity contribution in [3.8, 4) is 11.8 Å². The summed E-state index contributed by atoms with van der Waals surface area (Å²) in [6.07, 6.45) is -1.81. The zero-order chi connectivity index (χ0) is 27.1. The molecule has 0 unspecified atom stereocenters. The van der Waals surface area contributed by atoms with Gasteiger partial charge in [0.15, 0.2) is 17.3 Å². The number of rotatable bonds is 8. The van der Waals surface area contributed by atoms with Crippen molar-refractivity contribution in [2.75, 3.05) is 11.0 Å². The Morgan fingerprint density at radius 2 is 1.81 bits per heavy atom. The van der Waals surface area contributed by atoms with Gasteiger partial charge in [0, 0.05) is 0 Å². The average Bonchev–Trinajstić information content (AvgIpc) is 3.52. The van der Waals surface area contributed by atoms with Crippen LogP contribution in [0.3, 0.4) is 0 Å². The minimum atomic E-state index is -4.59. The van der Waals surface area contributed by atoms with E-state index in [2.05, 4.69) is 10.3 Å². The van der Waals surface area contributed by atoms with E-state index in [1.54, 1.807) is 4.72 Å². The normalized spacial score (nSPS) is 14.8. The fourth-order valence-corrected chi connectivity index (χ4v) is 4.08. The van der Waals surface area contributed by atoms with Gasteiger partial charge in [-0.25, -0.2) is 17.2 Å². The van der Waals surface area contributed by atoms with E-state index in [-0.39, 0.29) is 22.9 Å². The third-order valence-corrected chi connectivity index (χ3v) is 6.05. The second kappa shape index (κ2) is 9.65. The zero-order valence-corrected chi connectivity index (χ0v) is 20.1. The van der Waals surface area contributed by atoms with Gasteiger partial charge in [-0.3, -0.25) is 9.52 Å².